The fourth-order valence-corrected chi connectivity index (χ4v) is 9.94. The van der Waals surface area contributed by atoms with E-state index in [-0.39, 0.29) is 5.82 Å². The lowest BCUT2D eigenvalue weighted by molar-refractivity contribution is 0.559. The molecule has 4 aromatic carbocycles. The lowest BCUT2D eigenvalue weighted by Gasteiger charge is -2.27. The van der Waals surface area contributed by atoms with Crippen molar-refractivity contribution in [1.82, 2.24) is 24.7 Å². The van der Waals surface area contributed by atoms with Gasteiger partial charge >= 0.3 is 0 Å². The number of thiazole rings is 2. The van der Waals surface area contributed by atoms with Crippen molar-refractivity contribution in [3.8, 4) is 11.2 Å². The molecule has 0 fully saturated rings. The summed E-state index contributed by atoms with van der Waals surface area (Å²) in [6.45, 7) is 16.3. The molecule has 0 spiro atoms. The maximum atomic E-state index is 10.6. The van der Waals surface area contributed by atoms with Crippen molar-refractivity contribution in [3.05, 3.63) is 106 Å². The van der Waals surface area contributed by atoms with Crippen molar-refractivity contribution in [2.24, 2.45) is 10.2 Å². The summed E-state index contributed by atoms with van der Waals surface area (Å²) in [6, 6.07) is 24.0. The Balaban J connectivity index is 1.34. The molecule has 10 nitrogen and oxygen atoms in total. The number of aromatic nitrogens is 5. The smallest absolute Gasteiger partial charge is 0.213 e. The number of nitrogens with one attached hydrogen (secondary N) is 1. The molecule has 0 radical (unpaired) electrons. The van der Waals surface area contributed by atoms with Crippen LogP contribution in [0.25, 0.3) is 25.6 Å². The second-order valence-corrected chi connectivity index (χ2v) is 19.6. The molecule has 0 aliphatic carbocycles. The van der Waals surface area contributed by atoms with Gasteiger partial charge in [-0.05, 0) is 117 Å². The minimum absolute atomic E-state index is 0.263. The summed E-state index contributed by atoms with van der Waals surface area (Å²) in [6.07, 6.45) is 0. The average molecular weight is 901 g/mol. The van der Waals surface area contributed by atoms with Crippen molar-refractivity contribution in [2.75, 3.05) is 10.2 Å². The molecule has 0 unspecified atom stereocenters. The number of nitrogens with zero attached hydrogens (tertiary/aromatic N) is 9. The third-order valence-electron chi connectivity index (χ3n) is 10.0. The van der Waals surface area contributed by atoms with Gasteiger partial charge in [0, 0.05) is 30.7 Å². The Morgan fingerprint density at radius 1 is 0.750 bits per heavy atom. The molecule has 8 rings (SSSR count). The van der Waals surface area contributed by atoms with Crippen LogP contribution in [-0.4, -0.2) is 24.7 Å². The molecule has 0 bridgehead atoms. The minimum Gasteiger partial charge on any atom is -0.338 e. The normalized spacial score (nSPS) is 11.9. The van der Waals surface area contributed by atoms with Crippen LogP contribution in [0, 0.1) is 45.9 Å². The predicted molar refractivity (Wildman–Crippen MR) is 259 cm³/mol. The van der Waals surface area contributed by atoms with Crippen molar-refractivity contribution in [3.63, 3.8) is 0 Å². The summed E-state index contributed by atoms with van der Waals surface area (Å²) >= 11 is 21.8. The maximum absolute atomic E-state index is 10.6. The highest BCUT2D eigenvalue weighted by Gasteiger charge is 2.30. The Kier molecular flexibility index (Phi) is 11.3. The lowest BCUT2D eigenvalue weighted by Crippen LogP contribution is -2.15. The Labute approximate surface area is 378 Å². The van der Waals surface area contributed by atoms with E-state index < -0.39 is 5.41 Å². The summed E-state index contributed by atoms with van der Waals surface area (Å²) in [5, 5.41) is 30.0. The van der Waals surface area contributed by atoms with Gasteiger partial charge in [-0.15, -0.1) is 60.7 Å². The van der Waals surface area contributed by atoms with Crippen molar-refractivity contribution >= 4 is 133 Å². The first-order chi connectivity index (χ1) is 28.5. The number of rotatable bonds is 8. The van der Waals surface area contributed by atoms with Gasteiger partial charge in [-0.25, -0.2) is 15.0 Å². The fraction of sp³-hybridized carbons (Fsp3) is 0.205. The van der Waals surface area contributed by atoms with E-state index in [1.54, 1.807) is 16.0 Å². The van der Waals surface area contributed by atoms with Crippen LogP contribution in [0.15, 0.2) is 96.5 Å². The molecule has 8 aromatic rings. The molecule has 0 saturated carbocycles. The van der Waals surface area contributed by atoms with Crippen molar-refractivity contribution in [2.45, 2.75) is 80.4 Å². The maximum Gasteiger partial charge on any atom is 0.213 e. The zero-order valence-electron chi connectivity index (χ0n) is 34.0. The van der Waals surface area contributed by atoms with Gasteiger partial charge in [0.2, 0.25) is 5.13 Å². The Morgan fingerprint density at radius 2 is 1.42 bits per heavy atom. The molecule has 0 saturated heterocycles. The highest BCUT2D eigenvalue weighted by atomic mass is 32.1. The molecular formula is C44H40N10S6. The van der Waals surface area contributed by atoms with Crippen LogP contribution in [0.1, 0.15) is 59.8 Å². The van der Waals surface area contributed by atoms with E-state index in [9.17, 15) is 5.26 Å². The predicted octanol–water partition coefficient (Wildman–Crippen LogP) is 14.0. The quantitative estimate of drug-likeness (QED) is 0.0761. The van der Waals surface area contributed by atoms with Crippen molar-refractivity contribution < 1.29 is 0 Å². The topological polar surface area (TPSA) is 120 Å². The van der Waals surface area contributed by atoms with Gasteiger partial charge in [-0.2, -0.15) is 15.0 Å². The van der Waals surface area contributed by atoms with E-state index in [0.717, 1.165) is 84.3 Å². The van der Waals surface area contributed by atoms with Crippen LogP contribution >= 0.6 is 73.2 Å². The van der Waals surface area contributed by atoms with E-state index >= 15 is 0 Å². The summed E-state index contributed by atoms with van der Waals surface area (Å²) in [4.78, 5) is 20.8. The molecule has 60 heavy (non-hydrogen) atoms. The second kappa shape index (κ2) is 16.2. The summed E-state index contributed by atoms with van der Waals surface area (Å²) in [5.41, 5.74) is 9.37. The number of benzene rings is 4. The number of anilines is 5. The number of aryl methyl sites for hydroxylation is 4. The SMILES string of the molecule is Cc1cc(C)c(Nc2nc(N(c3nc4ccc(S)cc4s3)c3c(C)cc(C)c(S)c3C)ccc2N=Nc2c(C#N)c(C(C)(C)C)nn2-c2nc3ccc(S)cc3s2)cc1S. The van der Waals surface area contributed by atoms with Gasteiger partial charge in [-0.3, -0.25) is 4.90 Å². The van der Waals surface area contributed by atoms with Gasteiger partial charge in [0.15, 0.2) is 16.8 Å². The molecule has 0 aliphatic rings. The van der Waals surface area contributed by atoms with Crippen LogP contribution in [0.5, 0.6) is 0 Å². The van der Waals surface area contributed by atoms with Gasteiger partial charge < -0.3 is 5.32 Å². The first-order valence-corrected chi connectivity index (χ1v) is 22.3. The standard InChI is InChI=1S/C44H40N10S6/c1-21-15-22(2)33(57)19-32(21)46-40-31(50-51-41-28(20-45)39(44(6,7)8)52-54(41)43-48-30-12-10-27(56)18-35(30)60-43)13-14-36(49-40)53(37-23(3)16-24(4)38(58)25(37)5)42-47-29-11-9-26(55)17-34(29)59-42/h9-19,55-58H,1-8H3,(H,46,49). The summed E-state index contributed by atoms with van der Waals surface area (Å²) < 4.78 is 3.54. The van der Waals surface area contributed by atoms with E-state index in [1.165, 1.54) is 11.3 Å². The Morgan fingerprint density at radius 3 is 2.10 bits per heavy atom. The average Bonchev–Trinajstić information content (AvgIpc) is 3.91. The number of hydrogen-bond acceptors (Lipinski definition) is 15. The minimum atomic E-state index is -0.476. The molecule has 0 aliphatic heterocycles. The first-order valence-electron chi connectivity index (χ1n) is 18.8. The second-order valence-electron chi connectivity index (χ2n) is 15.6. The first kappa shape index (κ1) is 41.8. The van der Waals surface area contributed by atoms with Crippen molar-refractivity contribution in [1.29, 1.82) is 5.26 Å². The molecule has 16 heteroatoms. The third-order valence-corrected chi connectivity index (χ3v) is 13.8. The zero-order valence-corrected chi connectivity index (χ0v) is 39.2. The molecular weight excluding hydrogens is 861 g/mol. The largest absolute Gasteiger partial charge is 0.338 e. The summed E-state index contributed by atoms with van der Waals surface area (Å²) in [5.74, 6) is 1.28. The number of pyridine rings is 1. The van der Waals surface area contributed by atoms with Crippen LogP contribution < -0.4 is 10.2 Å². The van der Waals surface area contributed by atoms with Gasteiger partial charge in [-0.1, -0.05) is 55.6 Å². The van der Waals surface area contributed by atoms with Crippen LogP contribution in [0.3, 0.4) is 0 Å². The third kappa shape index (κ3) is 7.90. The van der Waals surface area contributed by atoms with Crippen LogP contribution in [0.2, 0.25) is 0 Å². The Hall–Kier alpha value is -4.89. The van der Waals surface area contributed by atoms with E-state index in [4.69, 9.17) is 55.5 Å². The van der Waals surface area contributed by atoms with Gasteiger partial charge in [0.05, 0.1) is 31.8 Å². The van der Waals surface area contributed by atoms with E-state index in [1.807, 2.05) is 89.2 Å². The monoisotopic (exact) mass is 900 g/mol. The number of nitriles is 1. The number of thiol groups is 4. The summed E-state index contributed by atoms with van der Waals surface area (Å²) in [7, 11) is 0. The van der Waals surface area contributed by atoms with E-state index in [2.05, 4.69) is 74.4 Å². The van der Waals surface area contributed by atoms with Crippen LogP contribution in [-0.2, 0) is 5.41 Å². The van der Waals surface area contributed by atoms with Gasteiger partial charge in [0.25, 0.3) is 0 Å². The molecule has 4 aromatic heterocycles. The fourth-order valence-electron chi connectivity index (χ4n) is 7.01. The molecule has 4 heterocycles. The van der Waals surface area contributed by atoms with Crippen LogP contribution in [0.4, 0.5) is 39.6 Å². The Bertz CT molecular complexity index is 3090. The number of fused-ring (bicyclic) bond motifs is 2. The molecule has 1 N–H and O–H groups in total. The molecule has 0 atom stereocenters. The highest BCUT2D eigenvalue weighted by molar-refractivity contribution is 7.80. The zero-order chi connectivity index (χ0) is 42.8. The molecule has 302 valence electrons. The van der Waals surface area contributed by atoms with E-state index in [0.29, 0.717) is 33.7 Å². The number of azo groups is 1. The van der Waals surface area contributed by atoms with Gasteiger partial charge in [0.1, 0.15) is 23.1 Å². The lowest BCUT2D eigenvalue weighted by atomic mass is 9.90. The number of hydrogen-bond donors (Lipinski definition) is 5. The highest BCUT2D eigenvalue weighted by Crippen LogP contribution is 2.46. The molecule has 0 amide bonds.